The molecule has 1 aromatic heterocycles. The molecular formula is C22H20N4O3S2. The van der Waals surface area contributed by atoms with E-state index in [2.05, 4.69) is 20.3 Å². The van der Waals surface area contributed by atoms with Gasteiger partial charge in [-0.1, -0.05) is 41.7 Å². The van der Waals surface area contributed by atoms with Crippen molar-refractivity contribution >= 4 is 54.1 Å². The summed E-state index contributed by atoms with van der Waals surface area (Å²) in [5, 5.41) is 5.89. The molecule has 0 aliphatic heterocycles. The maximum absolute atomic E-state index is 12.5. The van der Waals surface area contributed by atoms with Crippen molar-refractivity contribution in [3.8, 4) is 0 Å². The van der Waals surface area contributed by atoms with Crippen LogP contribution in [-0.4, -0.2) is 19.4 Å². The van der Waals surface area contributed by atoms with Gasteiger partial charge in [-0.2, -0.15) is 0 Å². The zero-order valence-corrected chi connectivity index (χ0v) is 18.5. The van der Waals surface area contributed by atoms with Crippen molar-refractivity contribution < 1.29 is 13.2 Å². The highest BCUT2D eigenvalue weighted by molar-refractivity contribution is 7.93. The summed E-state index contributed by atoms with van der Waals surface area (Å²) in [6.45, 7) is 3.89. The number of carbonyl (C=O) groups is 1. The standard InChI is InChI=1S/C22H20N4O3S2/c1-14-8-9-15(2)18(12-14)24-21(27)23-16-10-11-20-19(13-16)25-22(30-20)26-31(28,29)17-6-4-3-5-7-17/h3-13H,1-2H3,(H,25,26)(H2,23,24,27). The SMILES string of the molecule is Cc1ccc(C)c(NC(=O)Nc2ccc3sc(NS(=O)(=O)c4ccccc4)nc3c2)c1. The highest BCUT2D eigenvalue weighted by Crippen LogP contribution is 2.29. The molecule has 0 unspecified atom stereocenters. The Morgan fingerprint density at radius 1 is 0.935 bits per heavy atom. The quantitative estimate of drug-likeness (QED) is 0.380. The Kier molecular flexibility index (Phi) is 5.62. The van der Waals surface area contributed by atoms with Gasteiger partial charge in [0.05, 0.1) is 15.1 Å². The molecule has 0 bridgehead atoms. The van der Waals surface area contributed by atoms with E-state index in [-0.39, 0.29) is 16.1 Å². The fourth-order valence-corrected chi connectivity index (χ4v) is 5.08. The van der Waals surface area contributed by atoms with Gasteiger partial charge in [-0.3, -0.25) is 4.72 Å². The lowest BCUT2D eigenvalue weighted by atomic mass is 10.1. The Morgan fingerprint density at radius 3 is 2.48 bits per heavy atom. The number of hydrogen-bond donors (Lipinski definition) is 3. The molecule has 158 valence electrons. The second-order valence-electron chi connectivity index (χ2n) is 7.02. The molecule has 0 radical (unpaired) electrons. The molecule has 0 atom stereocenters. The number of aryl methyl sites for hydroxylation is 2. The van der Waals surface area contributed by atoms with Crippen LogP contribution in [0, 0.1) is 13.8 Å². The molecule has 0 fully saturated rings. The zero-order chi connectivity index (χ0) is 22.0. The lowest BCUT2D eigenvalue weighted by Gasteiger charge is -2.10. The van der Waals surface area contributed by atoms with E-state index in [1.165, 1.54) is 23.5 Å². The third kappa shape index (κ3) is 4.84. The summed E-state index contributed by atoms with van der Waals surface area (Å²) in [4.78, 5) is 16.9. The smallest absolute Gasteiger partial charge is 0.308 e. The second kappa shape index (κ2) is 8.37. The number of nitrogens with zero attached hydrogens (tertiary/aromatic N) is 1. The first-order valence-corrected chi connectivity index (χ1v) is 11.7. The number of hydrogen-bond acceptors (Lipinski definition) is 5. The third-order valence-corrected chi connectivity index (χ3v) is 7.00. The fourth-order valence-electron chi connectivity index (χ4n) is 2.98. The fraction of sp³-hybridized carbons (Fsp3) is 0.0909. The van der Waals surface area contributed by atoms with Gasteiger partial charge < -0.3 is 10.6 Å². The molecule has 31 heavy (non-hydrogen) atoms. The van der Waals surface area contributed by atoms with Gasteiger partial charge in [-0.15, -0.1) is 0 Å². The van der Waals surface area contributed by atoms with Crippen LogP contribution in [0.4, 0.5) is 21.3 Å². The van der Waals surface area contributed by atoms with E-state index < -0.39 is 10.0 Å². The number of nitrogens with one attached hydrogen (secondary N) is 3. The minimum absolute atomic E-state index is 0.166. The lowest BCUT2D eigenvalue weighted by molar-refractivity contribution is 0.262. The number of thiazole rings is 1. The Balaban J connectivity index is 1.50. The van der Waals surface area contributed by atoms with Gasteiger partial charge in [0.25, 0.3) is 10.0 Å². The number of sulfonamides is 1. The van der Waals surface area contributed by atoms with Crippen molar-refractivity contribution in [2.75, 3.05) is 15.4 Å². The molecular weight excluding hydrogens is 432 g/mol. The van der Waals surface area contributed by atoms with Crippen LogP contribution in [0.5, 0.6) is 0 Å². The monoisotopic (exact) mass is 452 g/mol. The molecule has 3 aromatic carbocycles. The molecule has 0 aliphatic rings. The number of rotatable bonds is 5. The van der Waals surface area contributed by atoms with E-state index in [1.807, 2.05) is 32.0 Å². The van der Waals surface area contributed by atoms with E-state index >= 15 is 0 Å². The average molecular weight is 453 g/mol. The Morgan fingerprint density at radius 2 is 1.71 bits per heavy atom. The molecule has 4 aromatic rings. The van der Waals surface area contributed by atoms with Crippen LogP contribution < -0.4 is 15.4 Å². The van der Waals surface area contributed by atoms with Gasteiger partial charge in [0.1, 0.15) is 0 Å². The van der Waals surface area contributed by atoms with E-state index in [1.54, 1.807) is 36.4 Å². The van der Waals surface area contributed by atoms with Crippen molar-refractivity contribution in [2.45, 2.75) is 18.7 Å². The normalized spacial score (nSPS) is 11.3. The number of amides is 2. The van der Waals surface area contributed by atoms with Crippen LogP contribution in [-0.2, 0) is 10.0 Å². The number of urea groups is 1. The van der Waals surface area contributed by atoms with E-state index in [4.69, 9.17) is 0 Å². The van der Waals surface area contributed by atoms with Gasteiger partial charge in [0, 0.05) is 11.4 Å². The van der Waals surface area contributed by atoms with Gasteiger partial charge >= 0.3 is 6.03 Å². The molecule has 0 saturated carbocycles. The number of aromatic nitrogens is 1. The average Bonchev–Trinajstić information content (AvgIpc) is 3.12. The maximum Gasteiger partial charge on any atom is 0.323 e. The van der Waals surface area contributed by atoms with Gasteiger partial charge in [-0.25, -0.2) is 18.2 Å². The van der Waals surface area contributed by atoms with E-state index in [0.29, 0.717) is 11.2 Å². The summed E-state index contributed by atoms with van der Waals surface area (Å²) < 4.78 is 28.3. The molecule has 0 aliphatic carbocycles. The van der Waals surface area contributed by atoms with Crippen LogP contribution in [0.15, 0.2) is 71.6 Å². The van der Waals surface area contributed by atoms with Crippen molar-refractivity contribution in [1.29, 1.82) is 0 Å². The summed E-state index contributed by atoms with van der Waals surface area (Å²) in [5.41, 5.74) is 3.89. The predicted molar refractivity (Wildman–Crippen MR) is 125 cm³/mol. The van der Waals surface area contributed by atoms with Crippen molar-refractivity contribution in [2.24, 2.45) is 0 Å². The molecule has 7 nitrogen and oxygen atoms in total. The van der Waals surface area contributed by atoms with Crippen molar-refractivity contribution in [3.05, 3.63) is 77.9 Å². The molecule has 9 heteroatoms. The van der Waals surface area contributed by atoms with Gasteiger partial charge in [0.2, 0.25) is 0 Å². The summed E-state index contributed by atoms with van der Waals surface area (Å²) in [5.74, 6) is 0. The Labute approximate surface area is 184 Å². The first kappa shape index (κ1) is 20.8. The maximum atomic E-state index is 12.5. The number of fused-ring (bicyclic) bond motifs is 1. The topological polar surface area (TPSA) is 100 Å². The second-order valence-corrected chi connectivity index (χ2v) is 9.73. The number of benzene rings is 3. The van der Waals surface area contributed by atoms with Crippen LogP contribution >= 0.6 is 11.3 Å². The highest BCUT2D eigenvalue weighted by atomic mass is 32.2. The molecule has 1 heterocycles. The summed E-state index contributed by atoms with van der Waals surface area (Å²) in [7, 11) is -3.71. The molecule has 4 rings (SSSR count). The minimum atomic E-state index is -3.71. The van der Waals surface area contributed by atoms with Crippen LogP contribution in [0.3, 0.4) is 0 Å². The Bertz CT molecular complexity index is 1370. The van der Waals surface area contributed by atoms with Gasteiger partial charge in [0.15, 0.2) is 5.13 Å². The van der Waals surface area contributed by atoms with Crippen LogP contribution in [0.1, 0.15) is 11.1 Å². The summed E-state index contributed by atoms with van der Waals surface area (Å²) in [6, 6.07) is 18.8. The number of anilines is 3. The summed E-state index contributed by atoms with van der Waals surface area (Å²) in [6.07, 6.45) is 0. The largest absolute Gasteiger partial charge is 0.323 e. The van der Waals surface area contributed by atoms with Crippen molar-refractivity contribution in [3.63, 3.8) is 0 Å². The molecule has 0 saturated heterocycles. The zero-order valence-electron chi connectivity index (χ0n) is 16.8. The Hall–Kier alpha value is -3.43. The predicted octanol–water partition coefficient (Wildman–Crippen LogP) is 5.36. The number of carbonyl (C=O) groups excluding carboxylic acids is 1. The van der Waals surface area contributed by atoms with E-state index in [0.717, 1.165) is 21.5 Å². The first-order valence-electron chi connectivity index (χ1n) is 9.44. The highest BCUT2D eigenvalue weighted by Gasteiger charge is 2.16. The van der Waals surface area contributed by atoms with Crippen LogP contribution in [0.2, 0.25) is 0 Å². The molecule has 0 spiro atoms. The van der Waals surface area contributed by atoms with E-state index in [9.17, 15) is 13.2 Å². The molecule has 2 amide bonds. The van der Waals surface area contributed by atoms with Crippen molar-refractivity contribution in [1.82, 2.24) is 4.98 Å². The lowest BCUT2D eigenvalue weighted by Crippen LogP contribution is -2.20. The minimum Gasteiger partial charge on any atom is -0.308 e. The van der Waals surface area contributed by atoms with Crippen LogP contribution in [0.25, 0.3) is 10.2 Å². The summed E-state index contributed by atoms with van der Waals surface area (Å²) >= 11 is 1.22. The van der Waals surface area contributed by atoms with Gasteiger partial charge in [-0.05, 0) is 61.4 Å². The molecule has 3 N–H and O–H groups in total. The third-order valence-electron chi connectivity index (χ3n) is 4.56. The first-order chi connectivity index (χ1) is 14.8.